The topological polar surface area (TPSA) is 23.6 Å². The smallest absolute Gasteiger partial charge is 0.253 e. The Bertz CT molecular complexity index is 419. The van der Waals surface area contributed by atoms with Crippen molar-refractivity contribution in [3.05, 3.63) is 33.4 Å². The zero-order chi connectivity index (χ0) is 15.0. The standard InChI is InChI=1S/C16H25IN2O/c1-4-18(5-2)11-8-12-19(6-3)16(20)14-9-7-10-15(17)13-14/h7,9-10,13H,4-6,8,11-12H2,1-3H3. The molecule has 0 bridgehead atoms. The van der Waals surface area contributed by atoms with Crippen molar-refractivity contribution in [1.82, 2.24) is 9.80 Å². The average Bonchev–Trinajstić information content (AvgIpc) is 2.47. The van der Waals surface area contributed by atoms with Crippen LogP contribution in [0.15, 0.2) is 24.3 Å². The fourth-order valence-corrected chi connectivity index (χ4v) is 2.78. The highest BCUT2D eigenvalue weighted by molar-refractivity contribution is 14.1. The van der Waals surface area contributed by atoms with Gasteiger partial charge in [-0.25, -0.2) is 0 Å². The van der Waals surface area contributed by atoms with E-state index in [0.29, 0.717) is 0 Å². The predicted octanol–water partition coefficient (Wildman–Crippen LogP) is 3.49. The van der Waals surface area contributed by atoms with E-state index in [0.717, 1.165) is 48.3 Å². The molecule has 0 spiro atoms. The Hall–Kier alpha value is -0.620. The van der Waals surface area contributed by atoms with E-state index in [2.05, 4.69) is 41.3 Å². The number of benzene rings is 1. The number of carbonyl (C=O) groups is 1. The second kappa shape index (κ2) is 9.34. The molecular weight excluding hydrogens is 363 g/mol. The van der Waals surface area contributed by atoms with Gasteiger partial charge in [0.25, 0.3) is 5.91 Å². The third-order valence-corrected chi connectivity index (χ3v) is 4.21. The van der Waals surface area contributed by atoms with Gasteiger partial charge >= 0.3 is 0 Å². The quantitative estimate of drug-likeness (QED) is 0.637. The fraction of sp³-hybridized carbons (Fsp3) is 0.562. The molecule has 0 aliphatic heterocycles. The van der Waals surface area contributed by atoms with E-state index in [1.807, 2.05) is 36.1 Å². The van der Waals surface area contributed by atoms with Gasteiger partial charge in [-0.05, 0) is 73.8 Å². The van der Waals surface area contributed by atoms with Crippen molar-refractivity contribution in [3.63, 3.8) is 0 Å². The summed E-state index contributed by atoms with van der Waals surface area (Å²) in [4.78, 5) is 16.8. The zero-order valence-corrected chi connectivity index (χ0v) is 14.9. The van der Waals surface area contributed by atoms with Crippen LogP contribution in [0.2, 0.25) is 0 Å². The number of nitrogens with zero attached hydrogens (tertiary/aromatic N) is 2. The minimum absolute atomic E-state index is 0.144. The highest BCUT2D eigenvalue weighted by Gasteiger charge is 2.14. The summed E-state index contributed by atoms with van der Waals surface area (Å²) in [7, 11) is 0. The maximum atomic E-state index is 12.5. The van der Waals surface area contributed by atoms with E-state index >= 15 is 0 Å². The number of rotatable bonds is 8. The molecule has 1 rings (SSSR count). The van der Waals surface area contributed by atoms with Crippen LogP contribution in [0, 0.1) is 3.57 Å². The minimum Gasteiger partial charge on any atom is -0.339 e. The number of amides is 1. The largest absolute Gasteiger partial charge is 0.339 e. The van der Waals surface area contributed by atoms with Crippen LogP contribution in [0.5, 0.6) is 0 Å². The molecule has 1 aromatic carbocycles. The molecule has 0 aliphatic carbocycles. The van der Waals surface area contributed by atoms with E-state index in [9.17, 15) is 4.79 Å². The SMILES string of the molecule is CCN(CC)CCCN(CC)C(=O)c1cccc(I)c1. The highest BCUT2D eigenvalue weighted by Crippen LogP contribution is 2.11. The summed E-state index contributed by atoms with van der Waals surface area (Å²) in [5, 5.41) is 0. The lowest BCUT2D eigenvalue weighted by Gasteiger charge is -2.23. The first-order chi connectivity index (χ1) is 9.62. The Morgan fingerprint density at radius 2 is 1.80 bits per heavy atom. The number of halogens is 1. The Labute approximate surface area is 136 Å². The molecule has 3 nitrogen and oxygen atoms in total. The lowest BCUT2D eigenvalue weighted by molar-refractivity contribution is 0.0757. The number of hydrogen-bond donors (Lipinski definition) is 0. The van der Waals surface area contributed by atoms with Crippen LogP contribution < -0.4 is 0 Å². The van der Waals surface area contributed by atoms with E-state index in [1.54, 1.807) is 0 Å². The molecule has 0 fully saturated rings. The van der Waals surface area contributed by atoms with Crippen LogP contribution in [0.3, 0.4) is 0 Å². The Kier molecular flexibility index (Phi) is 8.14. The lowest BCUT2D eigenvalue weighted by Crippen LogP contribution is -2.34. The molecule has 0 saturated carbocycles. The fourth-order valence-electron chi connectivity index (χ4n) is 2.23. The van der Waals surface area contributed by atoms with E-state index in [4.69, 9.17) is 0 Å². The molecule has 112 valence electrons. The molecule has 1 amide bonds. The van der Waals surface area contributed by atoms with Gasteiger partial charge in [-0.3, -0.25) is 4.79 Å². The van der Waals surface area contributed by atoms with Crippen LogP contribution >= 0.6 is 22.6 Å². The summed E-state index contributed by atoms with van der Waals surface area (Å²) in [6.07, 6.45) is 1.03. The normalized spacial score (nSPS) is 10.8. The second-order valence-electron chi connectivity index (χ2n) is 4.78. The number of hydrogen-bond acceptors (Lipinski definition) is 2. The van der Waals surface area contributed by atoms with Gasteiger partial charge in [-0.2, -0.15) is 0 Å². The Morgan fingerprint density at radius 3 is 2.35 bits per heavy atom. The Morgan fingerprint density at radius 1 is 1.10 bits per heavy atom. The molecule has 0 atom stereocenters. The van der Waals surface area contributed by atoms with Gasteiger partial charge in [-0.15, -0.1) is 0 Å². The van der Waals surface area contributed by atoms with Crippen molar-refractivity contribution in [3.8, 4) is 0 Å². The van der Waals surface area contributed by atoms with Gasteiger partial charge in [0, 0.05) is 22.2 Å². The first-order valence-corrected chi connectivity index (χ1v) is 8.47. The van der Waals surface area contributed by atoms with Gasteiger partial charge in [0.05, 0.1) is 0 Å². The van der Waals surface area contributed by atoms with Gasteiger partial charge in [0.15, 0.2) is 0 Å². The van der Waals surface area contributed by atoms with Crippen LogP contribution in [-0.4, -0.2) is 48.4 Å². The summed E-state index contributed by atoms with van der Waals surface area (Å²) >= 11 is 2.24. The minimum atomic E-state index is 0.144. The molecule has 0 radical (unpaired) electrons. The maximum Gasteiger partial charge on any atom is 0.253 e. The number of carbonyl (C=O) groups excluding carboxylic acids is 1. The molecule has 0 aromatic heterocycles. The second-order valence-corrected chi connectivity index (χ2v) is 6.02. The van der Waals surface area contributed by atoms with E-state index in [1.165, 1.54) is 0 Å². The molecule has 20 heavy (non-hydrogen) atoms. The molecule has 0 aliphatic rings. The summed E-state index contributed by atoms with van der Waals surface area (Å²) in [5.41, 5.74) is 0.793. The van der Waals surface area contributed by atoms with Crippen LogP contribution in [-0.2, 0) is 0 Å². The van der Waals surface area contributed by atoms with Gasteiger partial charge < -0.3 is 9.80 Å². The van der Waals surface area contributed by atoms with Gasteiger partial charge in [0.2, 0.25) is 0 Å². The third kappa shape index (κ3) is 5.40. The van der Waals surface area contributed by atoms with Crippen molar-refractivity contribution in [2.45, 2.75) is 27.2 Å². The van der Waals surface area contributed by atoms with Crippen LogP contribution in [0.1, 0.15) is 37.6 Å². The van der Waals surface area contributed by atoms with Crippen molar-refractivity contribution >= 4 is 28.5 Å². The van der Waals surface area contributed by atoms with Crippen LogP contribution in [0.4, 0.5) is 0 Å². The highest BCUT2D eigenvalue weighted by atomic mass is 127. The van der Waals surface area contributed by atoms with Gasteiger partial charge in [-0.1, -0.05) is 19.9 Å². The Balaban J connectivity index is 2.55. The molecule has 4 heteroatoms. The molecule has 0 saturated heterocycles. The van der Waals surface area contributed by atoms with E-state index < -0.39 is 0 Å². The molecular formula is C16H25IN2O. The average molecular weight is 388 g/mol. The maximum absolute atomic E-state index is 12.5. The third-order valence-electron chi connectivity index (χ3n) is 3.54. The van der Waals surface area contributed by atoms with Crippen molar-refractivity contribution in [2.24, 2.45) is 0 Å². The lowest BCUT2D eigenvalue weighted by atomic mass is 10.2. The summed E-state index contributed by atoms with van der Waals surface area (Å²) < 4.78 is 1.10. The molecule has 0 unspecified atom stereocenters. The monoisotopic (exact) mass is 388 g/mol. The summed E-state index contributed by atoms with van der Waals surface area (Å²) in [5.74, 6) is 0.144. The molecule has 0 heterocycles. The van der Waals surface area contributed by atoms with Crippen molar-refractivity contribution in [2.75, 3.05) is 32.7 Å². The van der Waals surface area contributed by atoms with Gasteiger partial charge in [0.1, 0.15) is 0 Å². The van der Waals surface area contributed by atoms with Crippen molar-refractivity contribution in [1.29, 1.82) is 0 Å². The van der Waals surface area contributed by atoms with Crippen LogP contribution in [0.25, 0.3) is 0 Å². The first kappa shape index (κ1) is 17.4. The predicted molar refractivity (Wildman–Crippen MR) is 93.1 cm³/mol. The van der Waals surface area contributed by atoms with E-state index in [-0.39, 0.29) is 5.91 Å². The summed E-state index contributed by atoms with van der Waals surface area (Å²) in [6.45, 7) is 11.2. The molecule has 0 N–H and O–H groups in total. The summed E-state index contributed by atoms with van der Waals surface area (Å²) in [6, 6.07) is 7.81. The van der Waals surface area contributed by atoms with Crippen molar-refractivity contribution < 1.29 is 4.79 Å². The molecule has 1 aromatic rings. The zero-order valence-electron chi connectivity index (χ0n) is 12.7. The first-order valence-electron chi connectivity index (χ1n) is 7.39.